The first-order valence-electron chi connectivity index (χ1n) is 9.97. The summed E-state index contributed by atoms with van der Waals surface area (Å²) in [4.78, 5) is 0. The quantitative estimate of drug-likeness (QED) is 0.341. The molecule has 5 heteroatoms. The molecule has 0 saturated carbocycles. The van der Waals surface area contributed by atoms with Crippen LogP contribution in [0.4, 0.5) is 0 Å². The van der Waals surface area contributed by atoms with E-state index in [1.54, 1.807) is 0 Å². The van der Waals surface area contributed by atoms with Crippen LogP contribution in [-0.4, -0.2) is 41.1 Å². The van der Waals surface area contributed by atoms with E-state index in [9.17, 15) is 5.11 Å². The topological polar surface area (TPSA) is 38.7 Å². The van der Waals surface area contributed by atoms with Crippen LogP contribution in [-0.2, 0) is 8.85 Å². The summed E-state index contributed by atoms with van der Waals surface area (Å²) in [5.41, 5.74) is -0.325. The highest BCUT2D eigenvalue weighted by molar-refractivity contribution is 6.74. The van der Waals surface area contributed by atoms with Crippen molar-refractivity contribution in [3.63, 3.8) is 0 Å². The van der Waals surface area contributed by atoms with Gasteiger partial charge in [0.2, 0.25) is 0 Å². The molecule has 0 amide bonds. The van der Waals surface area contributed by atoms with Crippen LogP contribution in [0.1, 0.15) is 61.3 Å². The zero-order valence-electron chi connectivity index (χ0n) is 19.5. The molecule has 0 radical (unpaired) electrons. The van der Waals surface area contributed by atoms with Gasteiger partial charge in [-0.1, -0.05) is 54.5 Å². The van der Waals surface area contributed by atoms with E-state index in [0.717, 1.165) is 12.8 Å². The monoisotopic (exact) mass is 402 g/mol. The van der Waals surface area contributed by atoms with Crippen molar-refractivity contribution >= 4 is 16.6 Å². The molecule has 3 nitrogen and oxygen atoms in total. The summed E-state index contributed by atoms with van der Waals surface area (Å²) in [6, 6.07) is 0. The number of hydrogen-bond acceptors (Lipinski definition) is 3. The second-order valence-electron chi connectivity index (χ2n) is 11.1. The van der Waals surface area contributed by atoms with Crippen LogP contribution >= 0.6 is 0 Å². The Labute approximate surface area is 165 Å². The van der Waals surface area contributed by atoms with Gasteiger partial charge in [-0.05, 0) is 49.1 Å². The minimum Gasteiger partial charge on any atom is -0.417 e. The summed E-state index contributed by atoms with van der Waals surface area (Å²) in [5, 5.41) is 10.5. The smallest absolute Gasteiger partial charge is 0.192 e. The first-order valence-corrected chi connectivity index (χ1v) is 15.8. The Morgan fingerprint density at radius 3 is 1.73 bits per heavy atom. The maximum Gasteiger partial charge on any atom is 0.192 e. The van der Waals surface area contributed by atoms with Gasteiger partial charge in [0.15, 0.2) is 16.6 Å². The lowest BCUT2D eigenvalue weighted by Gasteiger charge is -2.45. The molecule has 0 heterocycles. The van der Waals surface area contributed by atoms with Gasteiger partial charge in [-0.3, -0.25) is 0 Å². The summed E-state index contributed by atoms with van der Waals surface area (Å²) in [6.07, 6.45) is 3.41. The average molecular weight is 403 g/mol. The SMILES string of the molecule is C=CC[C@@](C)(CO)[C@H](CCO[Si](C)(C)C(C)(C)C)O[Si](C)(C)C(C)(C)C. The molecule has 0 fully saturated rings. The first kappa shape index (κ1) is 26.1. The van der Waals surface area contributed by atoms with E-state index in [-0.39, 0.29) is 28.2 Å². The van der Waals surface area contributed by atoms with Gasteiger partial charge in [-0.15, -0.1) is 6.58 Å². The van der Waals surface area contributed by atoms with Crippen molar-refractivity contribution in [1.82, 2.24) is 0 Å². The van der Waals surface area contributed by atoms with E-state index >= 15 is 0 Å². The normalized spacial score (nSPS) is 17.7. The molecular weight excluding hydrogens is 356 g/mol. The van der Waals surface area contributed by atoms with Crippen molar-refractivity contribution in [3.8, 4) is 0 Å². The number of allylic oxidation sites excluding steroid dienone is 1. The zero-order valence-corrected chi connectivity index (χ0v) is 21.5. The Kier molecular flexibility index (Phi) is 9.05. The predicted octanol–water partition coefficient (Wildman–Crippen LogP) is 6.36. The van der Waals surface area contributed by atoms with Gasteiger partial charge in [0.1, 0.15) is 0 Å². The van der Waals surface area contributed by atoms with Crippen molar-refractivity contribution in [2.45, 2.75) is 104 Å². The standard InChI is InChI=1S/C21H46O3Si2/c1-13-15-21(8,17-22)18(24-26(11,12)20(5,6)7)14-16-23-25(9,10)19(2,3)4/h13,18,22H,1,14-17H2,2-12H3/t18-,21-/m0/s1. The first-order chi connectivity index (χ1) is 11.4. The van der Waals surface area contributed by atoms with Gasteiger partial charge >= 0.3 is 0 Å². The number of rotatable bonds is 10. The second kappa shape index (κ2) is 9.04. The van der Waals surface area contributed by atoms with Crippen molar-refractivity contribution in [2.24, 2.45) is 5.41 Å². The molecule has 0 rings (SSSR count). The fourth-order valence-electron chi connectivity index (χ4n) is 2.35. The number of hydrogen-bond donors (Lipinski definition) is 1. The van der Waals surface area contributed by atoms with Crippen LogP contribution in [0.2, 0.25) is 36.3 Å². The Bertz CT molecular complexity index is 447. The Morgan fingerprint density at radius 1 is 0.923 bits per heavy atom. The molecule has 1 N–H and O–H groups in total. The van der Waals surface area contributed by atoms with E-state index in [2.05, 4.69) is 81.2 Å². The summed E-state index contributed by atoms with van der Waals surface area (Å²) in [6.45, 7) is 29.5. The molecule has 156 valence electrons. The summed E-state index contributed by atoms with van der Waals surface area (Å²) >= 11 is 0. The van der Waals surface area contributed by atoms with E-state index < -0.39 is 16.6 Å². The van der Waals surface area contributed by atoms with E-state index in [4.69, 9.17) is 8.85 Å². The molecule has 0 aliphatic rings. The molecule has 0 aromatic heterocycles. The van der Waals surface area contributed by atoms with Gasteiger partial charge in [-0.25, -0.2) is 0 Å². The van der Waals surface area contributed by atoms with Gasteiger partial charge in [0.25, 0.3) is 0 Å². The molecular formula is C21H46O3Si2. The molecule has 0 unspecified atom stereocenters. The molecule has 26 heavy (non-hydrogen) atoms. The van der Waals surface area contributed by atoms with Gasteiger partial charge in [0.05, 0.1) is 12.7 Å². The molecule has 0 aromatic carbocycles. The lowest BCUT2D eigenvalue weighted by atomic mass is 9.80. The van der Waals surface area contributed by atoms with Gasteiger partial charge in [0, 0.05) is 12.0 Å². The average Bonchev–Trinajstić information content (AvgIpc) is 2.43. The molecule has 0 aromatic rings. The third-order valence-corrected chi connectivity index (χ3v) is 15.7. The highest BCUT2D eigenvalue weighted by Crippen LogP contribution is 2.42. The fourth-order valence-corrected chi connectivity index (χ4v) is 4.88. The molecule has 0 saturated heterocycles. The maximum absolute atomic E-state index is 10.1. The Balaban J connectivity index is 5.39. The molecule has 0 spiro atoms. The van der Waals surface area contributed by atoms with Gasteiger partial charge in [-0.2, -0.15) is 0 Å². The molecule has 0 bridgehead atoms. The van der Waals surface area contributed by atoms with Crippen molar-refractivity contribution in [3.05, 3.63) is 12.7 Å². The Morgan fingerprint density at radius 2 is 1.38 bits per heavy atom. The second-order valence-corrected chi connectivity index (χ2v) is 20.6. The summed E-state index contributed by atoms with van der Waals surface area (Å²) < 4.78 is 13.2. The Hall–Kier alpha value is 0.0538. The maximum atomic E-state index is 10.1. The minimum absolute atomic E-state index is 0.0313. The molecule has 0 aliphatic heterocycles. The van der Waals surface area contributed by atoms with Gasteiger partial charge < -0.3 is 14.0 Å². The van der Waals surface area contributed by atoms with Crippen molar-refractivity contribution in [1.29, 1.82) is 0 Å². The molecule has 0 aliphatic carbocycles. The number of aliphatic hydroxyl groups excluding tert-OH is 1. The third kappa shape index (κ3) is 6.90. The fraction of sp³-hybridized carbons (Fsp3) is 0.905. The van der Waals surface area contributed by atoms with Crippen LogP contribution in [0.15, 0.2) is 12.7 Å². The zero-order chi connectivity index (χ0) is 21.0. The van der Waals surface area contributed by atoms with Crippen LogP contribution in [0.5, 0.6) is 0 Å². The third-order valence-electron chi connectivity index (χ3n) is 6.64. The number of aliphatic hydroxyl groups is 1. The lowest BCUT2D eigenvalue weighted by molar-refractivity contribution is -0.00710. The van der Waals surface area contributed by atoms with Crippen LogP contribution in [0, 0.1) is 5.41 Å². The van der Waals surface area contributed by atoms with Crippen LogP contribution in [0.25, 0.3) is 0 Å². The molecule has 2 atom stereocenters. The van der Waals surface area contributed by atoms with E-state index in [1.165, 1.54) is 0 Å². The van der Waals surface area contributed by atoms with Crippen LogP contribution < -0.4 is 0 Å². The predicted molar refractivity (Wildman–Crippen MR) is 120 cm³/mol. The van der Waals surface area contributed by atoms with E-state index in [0.29, 0.717) is 6.61 Å². The summed E-state index contributed by atoms with van der Waals surface area (Å²) in [7, 11) is -3.73. The van der Waals surface area contributed by atoms with Crippen LogP contribution in [0.3, 0.4) is 0 Å². The summed E-state index contributed by atoms with van der Waals surface area (Å²) in [5.74, 6) is 0. The minimum atomic E-state index is -1.95. The van der Waals surface area contributed by atoms with Crippen molar-refractivity contribution < 1.29 is 14.0 Å². The highest BCUT2D eigenvalue weighted by atomic mass is 28.4. The highest BCUT2D eigenvalue weighted by Gasteiger charge is 2.44. The largest absolute Gasteiger partial charge is 0.417 e. The van der Waals surface area contributed by atoms with Crippen molar-refractivity contribution in [2.75, 3.05) is 13.2 Å². The lowest BCUT2D eigenvalue weighted by Crippen LogP contribution is -2.50. The van der Waals surface area contributed by atoms with E-state index in [1.807, 2.05) is 6.08 Å².